The van der Waals surface area contributed by atoms with Crippen LogP contribution < -0.4 is 5.73 Å². The molecule has 2 N–H and O–H groups in total. The summed E-state index contributed by atoms with van der Waals surface area (Å²) in [6.07, 6.45) is 19.4. The minimum atomic E-state index is 0.742. The zero-order valence-electron chi connectivity index (χ0n) is 13.1. The standard InChI is InChI=1S/C18H35N/c1-16(15-19)17-9-7-13-18(14-8-10-17)11-5-3-2-4-6-12-18/h16-17H,2-15,19H2,1H3/t16-/m0/s1. The van der Waals surface area contributed by atoms with Gasteiger partial charge in [-0.05, 0) is 49.5 Å². The van der Waals surface area contributed by atoms with E-state index in [2.05, 4.69) is 6.92 Å². The molecule has 2 aliphatic carbocycles. The van der Waals surface area contributed by atoms with Crippen molar-refractivity contribution in [2.75, 3.05) is 6.54 Å². The zero-order chi connectivity index (χ0) is 13.6. The van der Waals surface area contributed by atoms with Crippen LogP contribution in [-0.2, 0) is 0 Å². The molecule has 0 aromatic heterocycles. The van der Waals surface area contributed by atoms with Crippen LogP contribution in [0.2, 0.25) is 0 Å². The van der Waals surface area contributed by atoms with Gasteiger partial charge < -0.3 is 5.73 Å². The molecule has 2 fully saturated rings. The lowest BCUT2D eigenvalue weighted by molar-refractivity contribution is 0.134. The van der Waals surface area contributed by atoms with E-state index in [1.807, 2.05) is 0 Å². The molecule has 1 nitrogen and oxygen atoms in total. The van der Waals surface area contributed by atoms with Gasteiger partial charge in [-0.25, -0.2) is 0 Å². The lowest BCUT2D eigenvalue weighted by atomic mass is 9.67. The number of hydrogen-bond donors (Lipinski definition) is 1. The van der Waals surface area contributed by atoms with Crippen LogP contribution in [0.15, 0.2) is 0 Å². The van der Waals surface area contributed by atoms with Crippen LogP contribution in [0.5, 0.6) is 0 Å². The second-order valence-electron chi connectivity index (χ2n) is 7.53. The van der Waals surface area contributed by atoms with Crippen LogP contribution in [0, 0.1) is 17.3 Å². The first-order chi connectivity index (χ1) is 9.26. The second-order valence-corrected chi connectivity index (χ2v) is 7.53. The van der Waals surface area contributed by atoms with E-state index >= 15 is 0 Å². The third-order valence-corrected chi connectivity index (χ3v) is 6.15. The van der Waals surface area contributed by atoms with Crippen molar-refractivity contribution in [2.45, 2.75) is 90.4 Å². The van der Waals surface area contributed by atoms with Crippen LogP contribution >= 0.6 is 0 Å². The van der Waals surface area contributed by atoms with E-state index in [0.29, 0.717) is 0 Å². The fourth-order valence-corrected chi connectivity index (χ4v) is 4.66. The van der Waals surface area contributed by atoms with Crippen molar-refractivity contribution >= 4 is 0 Å². The molecule has 1 atom stereocenters. The third kappa shape index (κ3) is 4.48. The molecule has 19 heavy (non-hydrogen) atoms. The molecule has 0 aliphatic heterocycles. The number of nitrogens with two attached hydrogens (primary N) is 1. The molecule has 0 bridgehead atoms. The first-order valence-electron chi connectivity index (χ1n) is 8.96. The van der Waals surface area contributed by atoms with Gasteiger partial charge in [0.05, 0.1) is 0 Å². The zero-order valence-corrected chi connectivity index (χ0v) is 13.1. The van der Waals surface area contributed by atoms with Crippen molar-refractivity contribution < 1.29 is 0 Å². The van der Waals surface area contributed by atoms with Gasteiger partial charge in [0, 0.05) is 0 Å². The molecule has 0 aromatic rings. The average Bonchev–Trinajstić information content (AvgIpc) is 2.36. The Kier molecular flexibility index (Phi) is 6.19. The number of rotatable bonds is 2. The second kappa shape index (κ2) is 7.67. The molecular weight excluding hydrogens is 230 g/mol. The van der Waals surface area contributed by atoms with Crippen molar-refractivity contribution in [2.24, 2.45) is 23.0 Å². The quantitative estimate of drug-likeness (QED) is 0.722. The van der Waals surface area contributed by atoms with Crippen molar-refractivity contribution in [3.63, 3.8) is 0 Å². The highest BCUT2D eigenvalue weighted by Gasteiger charge is 2.32. The Bertz CT molecular complexity index is 228. The summed E-state index contributed by atoms with van der Waals surface area (Å²) in [7, 11) is 0. The van der Waals surface area contributed by atoms with Gasteiger partial charge in [-0.3, -0.25) is 0 Å². The van der Waals surface area contributed by atoms with E-state index in [1.165, 1.54) is 83.5 Å². The monoisotopic (exact) mass is 265 g/mol. The fourth-order valence-electron chi connectivity index (χ4n) is 4.66. The summed E-state index contributed by atoms with van der Waals surface area (Å²) >= 11 is 0. The molecule has 1 heteroatoms. The summed E-state index contributed by atoms with van der Waals surface area (Å²) in [5.74, 6) is 1.65. The van der Waals surface area contributed by atoms with Gasteiger partial charge in [0.2, 0.25) is 0 Å². The molecule has 0 aromatic carbocycles. The van der Waals surface area contributed by atoms with Gasteiger partial charge in [-0.1, -0.05) is 64.7 Å². The SMILES string of the molecule is C[C@@H](CN)C1CCCC2(CCCCCCC2)CCC1. The molecule has 112 valence electrons. The Morgan fingerprint density at radius 1 is 0.842 bits per heavy atom. The van der Waals surface area contributed by atoms with Crippen LogP contribution in [0.25, 0.3) is 0 Å². The Labute approximate surface area is 120 Å². The lowest BCUT2D eigenvalue weighted by Gasteiger charge is -2.39. The first kappa shape index (κ1) is 15.4. The van der Waals surface area contributed by atoms with Gasteiger partial charge in [0.1, 0.15) is 0 Å². The Morgan fingerprint density at radius 2 is 1.32 bits per heavy atom. The largest absolute Gasteiger partial charge is 0.330 e. The molecule has 0 amide bonds. The number of hydrogen-bond acceptors (Lipinski definition) is 1. The van der Waals surface area contributed by atoms with E-state index in [-0.39, 0.29) is 0 Å². The van der Waals surface area contributed by atoms with Crippen molar-refractivity contribution in [3.05, 3.63) is 0 Å². The molecule has 1 spiro atoms. The Balaban J connectivity index is 1.88. The average molecular weight is 265 g/mol. The summed E-state index contributed by atoms with van der Waals surface area (Å²) in [6, 6.07) is 0. The summed E-state index contributed by atoms with van der Waals surface area (Å²) in [5.41, 5.74) is 6.61. The maximum atomic E-state index is 5.87. The molecule has 0 saturated heterocycles. The minimum absolute atomic E-state index is 0.742. The topological polar surface area (TPSA) is 26.0 Å². The Hall–Kier alpha value is -0.0400. The summed E-state index contributed by atoms with van der Waals surface area (Å²) < 4.78 is 0. The molecule has 2 rings (SSSR count). The van der Waals surface area contributed by atoms with E-state index in [9.17, 15) is 0 Å². The smallest absolute Gasteiger partial charge is 0.00489 e. The van der Waals surface area contributed by atoms with Crippen LogP contribution in [0.3, 0.4) is 0 Å². The lowest BCUT2D eigenvalue weighted by Crippen LogP contribution is -2.27. The first-order valence-corrected chi connectivity index (χ1v) is 8.96. The van der Waals surface area contributed by atoms with E-state index in [4.69, 9.17) is 5.73 Å². The van der Waals surface area contributed by atoms with Gasteiger partial charge in [-0.2, -0.15) is 0 Å². The fraction of sp³-hybridized carbons (Fsp3) is 1.00. The van der Waals surface area contributed by atoms with Gasteiger partial charge >= 0.3 is 0 Å². The summed E-state index contributed by atoms with van der Waals surface area (Å²) in [6.45, 7) is 3.24. The molecule has 2 saturated carbocycles. The van der Waals surface area contributed by atoms with E-state index in [0.717, 1.165) is 23.8 Å². The summed E-state index contributed by atoms with van der Waals surface area (Å²) in [5, 5.41) is 0. The maximum absolute atomic E-state index is 5.87. The third-order valence-electron chi connectivity index (χ3n) is 6.15. The highest BCUT2D eigenvalue weighted by molar-refractivity contribution is 4.84. The van der Waals surface area contributed by atoms with E-state index in [1.54, 1.807) is 0 Å². The molecule has 0 radical (unpaired) electrons. The van der Waals surface area contributed by atoms with Crippen molar-refractivity contribution in [1.29, 1.82) is 0 Å². The van der Waals surface area contributed by atoms with Crippen LogP contribution in [0.4, 0.5) is 0 Å². The maximum Gasteiger partial charge on any atom is -0.00489 e. The normalized spacial score (nSPS) is 28.1. The molecular formula is C18H35N. The predicted molar refractivity (Wildman–Crippen MR) is 84.2 cm³/mol. The highest BCUT2D eigenvalue weighted by Crippen LogP contribution is 2.45. The molecule has 2 aliphatic rings. The molecule has 0 heterocycles. The van der Waals surface area contributed by atoms with Gasteiger partial charge in [-0.15, -0.1) is 0 Å². The van der Waals surface area contributed by atoms with Crippen molar-refractivity contribution in [3.8, 4) is 0 Å². The van der Waals surface area contributed by atoms with Crippen LogP contribution in [-0.4, -0.2) is 6.54 Å². The minimum Gasteiger partial charge on any atom is -0.330 e. The highest BCUT2D eigenvalue weighted by atomic mass is 14.5. The summed E-state index contributed by atoms with van der Waals surface area (Å²) in [4.78, 5) is 0. The predicted octanol–water partition coefficient (Wildman–Crippen LogP) is 5.28. The van der Waals surface area contributed by atoms with Gasteiger partial charge in [0.15, 0.2) is 0 Å². The molecule has 0 unspecified atom stereocenters. The van der Waals surface area contributed by atoms with Crippen LogP contribution in [0.1, 0.15) is 90.4 Å². The Morgan fingerprint density at radius 3 is 1.84 bits per heavy atom. The van der Waals surface area contributed by atoms with E-state index < -0.39 is 0 Å². The van der Waals surface area contributed by atoms with Crippen molar-refractivity contribution in [1.82, 2.24) is 0 Å². The van der Waals surface area contributed by atoms with Gasteiger partial charge in [0.25, 0.3) is 0 Å².